The zero-order valence-electron chi connectivity index (χ0n) is 11.9. The molecular weight excluding hydrogens is 285 g/mol. The van der Waals surface area contributed by atoms with Crippen LogP contribution in [0.15, 0.2) is 47.3 Å². The molecule has 1 atom stereocenters. The van der Waals surface area contributed by atoms with E-state index in [1.54, 1.807) is 24.5 Å². The van der Waals surface area contributed by atoms with Gasteiger partial charge in [-0.2, -0.15) is 5.10 Å². The molecule has 114 valence electrons. The minimum Gasteiger partial charge on any atom is -0.469 e. The lowest BCUT2D eigenvalue weighted by molar-refractivity contribution is 0.158. The number of aromatic nitrogens is 3. The van der Waals surface area contributed by atoms with Crippen molar-refractivity contribution in [3.05, 3.63) is 71.5 Å². The van der Waals surface area contributed by atoms with Gasteiger partial charge in [0.2, 0.25) is 0 Å². The zero-order valence-corrected chi connectivity index (χ0v) is 11.9. The Hall–Kier alpha value is -2.47. The molecule has 0 spiro atoms. The summed E-state index contributed by atoms with van der Waals surface area (Å²) in [6, 6.07) is 8.53. The Morgan fingerprint density at radius 2 is 2.18 bits per heavy atom. The number of aryl methyl sites for hydroxylation is 1. The summed E-state index contributed by atoms with van der Waals surface area (Å²) in [4.78, 5) is 3.92. The minimum absolute atomic E-state index is 0.236. The first kappa shape index (κ1) is 14.5. The first-order chi connectivity index (χ1) is 10.7. The fourth-order valence-electron chi connectivity index (χ4n) is 2.29. The number of aliphatic hydroxyl groups excluding tert-OH is 1. The molecule has 3 aromatic rings. The molecule has 2 N–H and O–H groups in total. The van der Waals surface area contributed by atoms with Crippen LogP contribution in [-0.4, -0.2) is 20.3 Å². The van der Waals surface area contributed by atoms with Crippen molar-refractivity contribution in [3.8, 4) is 0 Å². The van der Waals surface area contributed by atoms with Gasteiger partial charge in [-0.1, -0.05) is 18.2 Å². The summed E-state index contributed by atoms with van der Waals surface area (Å²) < 4.78 is 19.1. The van der Waals surface area contributed by atoms with E-state index in [9.17, 15) is 9.50 Å². The van der Waals surface area contributed by atoms with Gasteiger partial charge in [0.15, 0.2) is 5.82 Å². The van der Waals surface area contributed by atoms with Crippen LogP contribution in [0.1, 0.15) is 35.2 Å². The third kappa shape index (κ3) is 3.40. The summed E-state index contributed by atoms with van der Waals surface area (Å²) in [7, 11) is 0. The van der Waals surface area contributed by atoms with Crippen molar-refractivity contribution < 1.29 is 13.9 Å². The first-order valence-corrected chi connectivity index (χ1v) is 7.06. The second kappa shape index (κ2) is 6.53. The number of halogens is 1. The fraction of sp³-hybridized carbons (Fsp3) is 0.250. The average molecular weight is 301 g/mol. The normalized spacial score (nSPS) is 12.5. The third-order valence-corrected chi connectivity index (χ3v) is 3.47. The highest BCUT2D eigenvalue weighted by molar-refractivity contribution is 5.24. The van der Waals surface area contributed by atoms with Crippen LogP contribution < -0.4 is 0 Å². The number of hydrogen-bond donors (Lipinski definition) is 2. The molecule has 2 aromatic heterocycles. The van der Waals surface area contributed by atoms with Crippen molar-refractivity contribution in [2.75, 3.05) is 0 Å². The number of furan rings is 1. The number of nitrogens with zero attached hydrogens (tertiary/aromatic N) is 2. The molecule has 0 amide bonds. The Bertz CT molecular complexity index is 725. The molecule has 0 fully saturated rings. The van der Waals surface area contributed by atoms with Crippen LogP contribution in [0.25, 0.3) is 0 Å². The highest BCUT2D eigenvalue weighted by Gasteiger charge is 2.13. The molecule has 0 aliphatic carbocycles. The predicted molar refractivity (Wildman–Crippen MR) is 77.6 cm³/mol. The average Bonchev–Trinajstić information content (AvgIpc) is 3.19. The van der Waals surface area contributed by atoms with E-state index in [1.165, 1.54) is 12.4 Å². The van der Waals surface area contributed by atoms with Gasteiger partial charge >= 0.3 is 0 Å². The number of rotatable bonds is 6. The molecule has 3 rings (SSSR count). The summed E-state index contributed by atoms with van der Waals surface area (Å²) >= 11 is 0. The van der Waals surface area contributed by atoms with Gasteiger partial charge in [0.05, 0.1) is 6.26 Å². The molecule has 0 saturated heterocycles. The van der Waals surface area contributed by atoms with Gasteiger partial charge < -0.3 is 9.52 Å². The quantitative estimate of drug-likeness (QED) is 0.734. The summed E-state index contributed by atoms with van der Waals surface area (Å²) in [5, 5.41) is 16.3. The number of H-pyrrole nitrogens is 1. The molecular formula is C16H16FN3O2. The van der Waals surface area contributed by atoms with Crippen molar-refractivity contribution in [3.63, 3.8) is 0 Å². The Labute approximate surface area is 126 Å². The van der Waals surface area contributed by atoms with Gasteiger partial charge in [-0.25, -0.2) is 9.37 Å². The predicted octanol–water partition coefficient (Wildman–Crippen LogP) is 2.79. The topological polar surface area (TPSA) is 74.9 Å². The third-order valence-electron chi connectivity index (χ3n) is 3.47. The van der Waals surface area contributed by atoms with Crippen LogP contribution in [0.2, 0.25) is 0 Å². The van der Waals surface area contributed by atoms with Crippen molar-refractivity contribution in [1.82, 2.24) is 15.2 Å². The maximum Gasteiger partial charge on any atom is 0.178 e. The fourth-order valence-corrected chi connectivity index (χ4v) is 2.29. The Kier molecular flexibility index (Phi) is 4.29. The van der Waals surface area contributed by atoms with Crippen molar-refractivity contribution in [2.45, 2.75) is 25.4 Å². The van der Waals surface area contributed by atoms with Crippen LogP contribution in [0.5, 0.6) is 0 Å². The molecule has 1 unspecified atom stereocenters. The second-order valence-electron chi connectivity index (χ2n) is 5.10. The van der Waals surface area contributed by atoms with Crippen molar-refractivity contribution in [1.29, 1.82) is 0 Å². The van der Waals surface area contributed by atoms with E-state index in [-0.39, 0.29) is 5.82 Å². The van der Waals surface area contributed by atoms with Crippen molar-refractivity contribution in [2.24, 2.45) is 0 Å². The van der Waals surface area contributed by atoms with Crippen LogP contribution in [0.4, 0.5) is 4.39 Å². The van der Waals surface area contributed by atoms with E-state index in [2.05, 4.69) is 15.2 Å². The second-order valence-corrected chi connectivity index (χ2v) is 5.10. The zero-order chi connectivity index (χ0) is 15.4. The number of aromatic amines is 1. The number of nitrogens with one attached hydrogen (secondary N) is 1. The lowest BCUT2D eigenvalue weighted by Crippen LogP contribution is -2.01. The molecule has 0 aliphatic heterocycles. The monoisotopic (exact) mass is 301 g/mol. The van der Waals surface area contributed by atoms with Crippen molar-refractivity contribution >= 4 is 0 Å². The highest BCUT2D eigenvalue weighted by Crippen LogP contribution is 2.19. The van der Waals surface area contributed by atoms with Gasteiger partial charge in [0.1, 0.15) is 24.0 Å². The first-order valence-electron chi connectivity index (χ1n) is 7.06. The standard InChI is InChI=1S/C16H16FN3O2/c17-14-4-2-1-3-12(14)8-13-7-11(9-22-13)5-6-15(21)16-18-10-19-20-16/h1-4,7,9-10,15,21H,5-6,8H2,(H,18,19,20). The molecule has 6 heteroatoms. The van der Waals surface area contributed by atoms with E-state index in [0.717, 1.165) is 5.56 Å². The van der Waals surface area contributed by atoms with Gasteiger partial charge in [0, 0.05) is 6.42 Å². The molecule has 22 heavy (non-hydrogen) atoms. The highest BCUT2D eigenvalue weighted by atomic mass is 19.1. The number of benzene rings is 1. The van der Waals surface area contributed by atoms with E-state index < -0.39 is 6.10 Å². The van der Waals surface area contributed by atoms with Gasteiger partial charge in [-0.3, -0.25) is 5.10 Å². The van der Waals surface area contributed by atoms with E-state index in [1.807, 2.05) is 6.07 Å². The van der Waals surface area contributed by atoms with Gasteiger partial charge in [-0.05, 0) is 36.1 Å². The number of hydrogen-bond acceptors (Lipinski definition) is 4. The van der Waals surface area contributed by atoms with Crippen LogP contribution in [0.3, 0.4) is 0 Å². The van der Waals surface area contributed by atoms with E-state index in [0.29, 0.717) is 36.4 Å². The van der Waals surface area contributed by atoms with E-state index >= 15 is 0 Å². The molecule has 0 bridgehead atoms. The number of aliphatic hydroxyl groups is 1. The lowest BCUT2D eigenvalue weighted by atomic mass is 10.1. The Morgan fingerprint density at radius 1 is 1.32 bits per heavy atom. The lowest BCUT2D eigenvalue weighted by Gasteiger charge is -2.04. The Balaban J connectivity index is 1.58. The van der Waals surface area contributed by atoms with Crippen LogP contribution in [-0.2, 0) is 12.8 Å². The Morgan fingerprint density at radius 3 is 2.95 bits per heavy atom. The van der Waals surface area contributed by atoms with E-state index in [4.69, 9.17) is 4.42 Å². The molecule has 1 aromatic carbocycles. The summed E-state index contributed by atoms with van der Waals surface area (Å²) in [5.41, 5.74) is 1.56. The van der Waals surface area contributed by atoms with Gasteiger partial charge in [0.25, 0.3) is 0 Å². The summed E-state index contributed by atoms with van der Waals surface area (Å²) in [6.45, 7) is 0. The molecule has 0 saturated carbocycles. The maximum absolute atomic E-state index is 13.6. The largest absolute Gasteiger partial charge is 0.469 e. The smallest absolute Gasteiger partial charge is 0.178 e. The SMILES string of the molecule is OC(CCc1coc(Cc2ccccc2F)c1)c1nc[nH]n1. The molecule has 5 nitrogen and oxygen atoms in total. The van der Waals surface area contributed by atoms with Crippen LogP contribution >= 0.6 is 0 Å². The molecule has 2 heterocycles. The maximum atomic E-state index is 13.6. The molecule has 0 radical (unpaired) electrons. The van der Waals surface area contributed by atoms with Crippen LogP contribution in [0, 0.1) is 5.82 Å². The summed E-state index contributed by atoms with van der Waals surface area (Å²) in [6.07, 6.45) is 3.91. The minimum atomic E-state index is -0.712. The van der Waals surface area contributed by atoms with Gasteiger partial charge in [-0.15, -0.1) is 0 Å². The molecule has 0 aliphatic rings. The summed E-state index contributed by atoms with van der Waals surface area (Å²) in [5.74, 6) is 0.850.